The summed E-state index contributed by atoms with van der Waals surface area (Å²) in [4.78, 5) is 38.2. The standard InChI is InChI=1S/C16H18N2O6/c1-22-12-4-2-3-5-13(12)23-9-14(19)17-7-6-11(8-17)18-15(20)10-24-16(18)21/h2-5,11H,6-10H2,1H3/t11-/m1/s1. The van der Waals surface area contributed by atoms with Crippen molar-refractivity contribution in [3.8, 4) is 11.5 Å². The number of nitrogens with zero attached hydrogens (tertiary/aromatic N) is 2. The number of amides is 3. The lowest BCUT2D eigenvalue weighted by molar-refractivity contribution is -0.133. The molecule has 2 heterocycles. The number of rotatable bonds is 5. The maximum atomic E-state index is 12.3. The summed E-state index contributed by atoms with van der Waals surface area (Å²) in [6.45, 7) is 0.413. The van der Waals surface area contributed by atoms with Gasteiger partial charge in [0.15, 0.2) is 24.7 Å². The molecule has 0 aliphatic carbocycles. The molecular weight excluding hydrogens is 316 g/mol. The van der Waals surface area contributed by atoms with Crippen LogP contribution in [-0.2, 0) is 14.3 Å². The van der Waals surface area contributed by atoms with Crippen molar-refractivity contribution in [1.29, 1.82) is 0 Å². The lowest BCUT2D eigenvalue weighted by Gasteiger charge is -2.20. The fourth-order valence-electron chi connectivity index (χ4n) is 2.87. The topological polar surface area (TPSA) is 85.4 Å². The van der Waals surface area contributed by atoms with E-state index in [9.17, 15) is 14.4 Å². The SMILES string of the molecule is COc1ccccc1OCC(=O)N1CC[C@@H](N2C(=O)COC2=O)C1. The van der Waals surface area contributed by atoms with E-state index in [1.165, 1.54) is 7.11 Å². The first kappa shape index (κ1) is 16.1. The largest absolute Gasteiger partial charge is 0.493 e. The second-order valence-electron chi connectivity index (χ2n) is 5.54. The summed E-state index contributed by atoms with van der Waals surface area (Å²) in [5, 5.41) is 0. The fourth-order valence-corrected chi connectivity index (χ4v) is 2.87. The molecule has 2 aliphatic rings. The summed E-state index contributed by atoms with van der Waals surface area (Å²) in [7, 11) is 1.53. The lowest BCUT2D eigenvalue weighted by atomic mass is 10.2. The van der Waals surface area contributed by atoms with Gasteiger partial charge in [-0.25, -0.2) is 9.69 Å². The molecule has 2 aliphatic heterocycles. The number of hydrogen-bond donors (Lipinski definition) is 0. The number of carbonyl (C=O) groups excluding carboxylic acids is 3. The number of imide groups is 1. The van der Waals surface area contributed by atoms with Gasteiger partial charge in [-0.15, -0.1) is 0 Å². The summed E-state index contributed by atoms with van der Waals surface area (Å²) in [6, 6.07) is 6.74. The van der Waals surface area contributed by atoms with Gasteiger partial charge < -0.3 is 19.1 Å². The highest BCUT2D eigenvalue weighted by Crippen LogP contribution is 2.26. The van der Waals surface area contributed by atoms with Crippen LogP contribution in [0, 0.1) is 0 Å². The fraction of sp³-hybridized carbons (Fsp3) is 0.438. The highest BCUT2D eigenvalue weighted by atomic mass is 16.6. The molecular formula is C16H18N2O6. The van der Waals surface area contributed by atoms with Crippen LogP contribution < -0.4 is 9.47 Å². The highest BCUT2D eigenvalue weighted by molar-refractivity contribution is 5.98. The molecule has 0 unspecified atom stereocenters. The van der Waals surface area contributed by atoms with Crippen LogP contribution in [0.5, 0.6) is 11.5 Å². The van der Waals surface area contributed by atoms with Crippen molar-refractivity contribution >= 4 is 17.9 Å². The second kappa shape index (κ2) is 6.77. The van der Waals surface area contributed by atoms with Gasteiger partial charge in [0.2, 0.25) is 0 Å². The minimum absolute atomic E-state index is 0.133. The van der Waals surface area contributed by atoms with E-state index in [-0.39, 0.29) is 31.1 Å². The Bertz CT molecular complexity index is 646. The van der Waals surface area contributed by atoms with Crippen LogP contribution >= 0.6 is 0 Å². The Balaban J connectivity index is 1.55. The summed E-state index contributed by atoms with van der Waals surface area (Å²) < 4.78 is 15.4. The first-order valence-electron chi connectivity index (χ1n) is 7.62. The molecule has 3 amide bonds. The zero-order valence-electron chi connectivity index (χ0n) is 13.3. The zero-order chi connectivity index (χ0) is 17.1. The molecule has 8 heteroatoms. The molecule has 0 radical (unpaired) electrons. The van der Waals surface area contributed by atoms with Crippen LogP contribution in [0.2, 0.25) is 0 Å². The van der Waals surface area contributed by atoms with Gasteiger partial charge in [-0.2, -0.15) is 0 Å². The number of benzene rings is 1. The van der Waals surface area contributed by atoms with Crippen molar-refractivity contribution in [3.05, 3.63) is 24.3 Å². The van der Waals surface area contributed by atoms with E-state index in [1.54, 1.807) is 23.1 Å². The number of methoxy groups -OCH3 is 1. The van der Waals surface area contributed by atoms with Crippen molar-refractivity contribution in [2.45, 2.75) is 12.5 Å². The maximum absolute atomic E-state index is 12.3. The Hall–Kier alpha value is -2.77. The molecule has 1 atom stereocenters. The molecule has 0 saturated carbocycles. The third kappa shape index (κ3) is 3.12. The van der Waals surface area contributed by atoms with Crippen LogP contribution in [0.15, 0.2) is 24.3 Å². The number of carbonyl (C=O) groups is 3. The summed E-state index contributed by atoms with van der Waals surface area (Å²) >= 11 is 0. The molecule has 2 saturated heterocycles. The van der Waals surface area contributed by atoms with E-state index < -0.39 is 6.09 Å². The molecule has 1 aromatic carbocycles. The second-order valence-corrected chi connectivity index (χ2v) is 5.54. The van der Waals surface area contributed by atoms with Crippen LogP contribution in [-0.4, -0.2) is 67.2 Å². The molecule has 0 N–H and O–H groups in total. The number of para-hydroxylation sites is 2. The van der Waals surface area contributed by atoms with Gasteiger partial charge in [0, 0.05) is 13.1 Å². The third-order valence-electron chi connectivity index (χ3n) is 4.09. The maximum Gasteiger partial charge on any atom is 0.417 e. The molecule has 24 heavy (non-hydrogen) atoms. The first-order chi connectivity index (χ1) is 11.6. The van der Waals surface area contributed by atoms with Gasteiger partial charge in [-0.1, -0.05) is 12.1 Å². The predicted molar refractivity (Wildman–Crippen MR) is 81.7 cm³/mol. The van der Waals surface area contributed by atoms with Crippen molar-refractivity contribution in [1.82, 2.24) is 9.80 Å². The summed E-state index contributed by atoms with van der Waals surface area (Å²) in [6.07, 6.45) is -0.0918. The molecule has 0 spiro atoms. The summed E-state index contributed by atoms with van der Waals surface area (Å²) in [5.74, 6) is 0.477. The average Bonchev–Trinajstić information content (AvgIpc) is 3.19. The molecule has 8 nitrogen and oxygen atoms in total. The monoisotopic (exact) mass is 334 g/mol. The molecule has 3 rings (SSSR count). The van der Waals surface area contributed by atoms with Crippen molar-refractivity contribution < 1.29 is 28.6 Å². The Morgan fingerprint density at radius 3 is 2.71 bits per heavy atom. The Morgan fingerprint density at radius 1 is 1.29 bits per heavy atom. The van der Waals surface area contributed by atoms with Gasteiger partial charge in [-0.3, -0.25) is 9.59 Å². The number of hydrogen-bond acceptors (Lipinski definition) is 6. The van der Waals surface area contributed by atoms with Crippen LogP contribution in [0.3, 0.4) is 0 Å². The third-order valence-corrected chi connectivity index (χ3v) is 4.09. The van der Waals surface area contributed by atoms with Gasteiger partial charge >= 0.3 is 6.09 Å². The van der Waals surface area contributed by atoms with Gasteiger partial charge in [0.05, 0.1) is 13.2 Å². The predicted octanol–water partition coefficient (Wildman–Crippen LogP) is 0.654. The van der Waals surface area contributed by atoms with Gasteiger partial charge in [-0.05, 0) is 18.6 Å². The number of cyclic esters (lactones) is 1. The molecule has 0 bridgehead atoms. The van der Waals surface area contributed by atoms with Crippen molar-refractivity contribution in [3.63, 3.8) is 0 Å². The minimum atomic E-state index is -0.635. The highest BCUT2D eigenvalue weighted by Gasteiger charge is 2.41. The van der Waals surface area contributed by atoms with E-state index in [4.69, 9.17) is 14.2 Å². The van der Waals surface area contributed by atoms with E-state index in [2.05, 4.69) is 0 Å². The van der Waals surface area contributed by atoms with Gasteiger partial charge in [0.25, 0.3) is 11.8 Å². The zero-order valence-corrected chi connectivity index (χ0v) is 13.3. The molecule has 128 valence electrons. The average molecular weight is 334 g/mol. The molecule has 2 fully saturated rings. The minimum Gasteiger partial charge on any atom is -0.493 e. The number of likely N-dealkylation sites (tertiary alicyclic amines) is 1. The van der Waals surface area contributed by atoms with Crippen molar-refractivity contribution in [2.24, 2.45) is 0 Å². The number of ether oxygens (including phenoxy) is 3. The first-order valence-corrected chi connectivity index (χ1v) is 7.62. The Labute approximate surface area is 138 Å². The van der Waals surface area contributed by atoms with E-state index in [0.29, 0.717) is 31.0 Å². The van der Waals surface area contributed by atoms with E-state index >= 15 is 0 Å². The summed E-state index contributed by atoms with van der Waals surface area (Å²) in [5.41, 5.74) is 0. The van der Waals surface area contributed by atoms with Crippen LogP contribution in [0.4, 0.5) is 4.79 Å². The molecule has 0 aromatic heterocycles. The van der Waals surface area contributed by atoms with Crippen LogP contribution in [0.25, 0.3) is 0 Å². The van der Waals surface area contributed by atoms with Gasteiger partial charge in [0.1, 0.15) is 0 Å². The smallest absolute Gasteiger partial charge is 0.417 e. The Morgan fingerprint density at radius 2 is 2.04 bits per heavy atom. The Kier molecular flexibility index (Phi) is 4.54. The lowest BCUT2D eigenvalue weighted by Crippen LogP contribution is -2.42. The quantitative estimate of drug-likeness (QED) is 0.786. The van der Waals surface area contributed by atoms with Crippen molar-refractivity contribution in [2.75, 3.05) is 33.4 Å². The van der Waals surface area contributed by atoms with E-state index in [1.807, 2.05) is 6.07 Å². The molecule has 1 aromatic rings. The van der Waals surface area contributed by atoms with E-state index in [0.717, 1.165) is 4.90 Å². The van der Waals surface area contributed by atoms with Crippen LogP contribution in [0.1, 0.15) is 6.42 Å². The normalized spacial score (nSPS) is 20.3.